The normalized spacial score (nSPS) is 19.1. The first-order valence-corrected chi connectivity index (χ1v) is 9.07. The Labute approximate surface area is 163 Å². The number of rotatable bonds is 4. The summed E-state index contributed by atoms with van der Waals surface area (Å²) in [5.41, 5.74) is 2.93. The predicted octanol–water partition coefficient (Wildman–Crippen LogP) is 3.71. The Morgan fingerprint density at radius 2 is 1.71 bits per heavy atom. The number of carbonyl (C=O) groups is 3. The van der Waals surface area contributed by atoms with Crippen LogP contribution < -0.4 is 5.32 Å². The molecule has 2 aromatic rings. The van der Waals surface area contributed by atoms with Gasteiger partial charge in [-0.05, 0) is 69.0 Å². The molecule has 0 aromatic heterocycles. The molecule has 3 amide bonds. The van der Waals surface area contributed by atoms with Crippen molar-refractivity contribution in [2.45, 2.75) is 40.2 Å². The number of nitrogens with one attached hydrogen (secondary N) is 1. The van der Waals surface area contributed by atoms with E-state index in [1.54, 1.807) is 12.1 Å². The van der Waals surface area contributed by atoms with E-state index in [0.29, 0.717) is 5.56 Å². The summed E-state index contributed by atoms with van der Waals surface area (Å²) in [6.07, 6.45) is 0. The molecule has 0 saturated carbocycles. The fourth-order valence-corrected chi connectivity index (χ4v) is 3.62. The number of Topliss-reactive ketones (excluding diaryl/α,β-unsaturated/α-hetero) is 1. The van der Waals surface area contributed by atoms with Gasteiger partial charge in [-0.15, -0.1) is 0 Å². The maximum Gasteiger partial charge on any atom is 0.325 e. The number of hydrogen-bond acceptors (Lipinski definition) is 3. The molecule has 28 heavy (non-hydrogen) atoms. The molecule has 1 heterocycles. The third kappa shape index (κ3) is 2.99. The van der Waals surface area contributed by atoms with E-state index in [-0.39, 0.29) is 11.3 Å². The number of urea groups is 1. The van der Waals surface area contributed by atoms with Crippen molar-refractivity contribution in [2.24, 2.45) is 0 Å². The lowest BCUT2D eigenvalue weighted by Gasteiger charge is -2.22. The van der Waals surface area contributed by atoms with Crippen LogP contribution >= 0.6 is 0 Å². The van der Waals surface area contributed by atoms with Gasteiger partial charge in [-0.2, -0.15) is 0 Å². The standard InChI is InChI=1S/C22H23FN2O3/c1-12-10-16(15(4)14(3)13(12)2)19(26)11-25-20(27)22(5,24-21(25)28)17-8-6-7-9-18(17)23/h6-10H,11H2,1-5H3,(H,24,28). The number of ketones is 1. The Bertz CT molecular complexity index is 1020. The third-order valence-electron chi connectivity index (χ3n) is 5.77. The van der Waals surface area contributed by atoms with E-state index >= 15 is 0 Å². The highest BCUT2D eigenvalue weighted by atomic mass is 19.1. The lowest BCUT2D eigenvalue weighted by Crippen LogP contribution is -2.42. The maximum absolute atomic E-state index is 14.2. The van der Waals surface area contributed by atoms with Crippen molar-refractivity contribution in [3.63, 3.8) is 0 Å². The zero-order valence-corrected chi connectivity index (χ0v) is 16.6. The van der Waals surface area contributed by atoms with Gasteiger partial charge in [-0.3, -0.25) is 14.5 Å². The smallest absolute Gasteiger partial charge is 0.319 e. The van der Waals surface area contributed by atoms with Crippen molar-refractivity contribution < 1.29 is 18.8 Å². The molecular formula is C22H23FN2O3. The van der Waals surface area contributed by atoms with Gasteiger partial charge in [0.1, 0.15) is 11.4 Å². The first-order valence-electron chi connectivity index (χ1n) is 9.07. The number of amides is 3. The summed E-state index contributed by atoms with van der Waals surface area (Å²) in [6, 6.07) is 6.87. The van der Waals surface area contributed by atoms with E-state index in [1.165, 1.54) is 25.1 Å². The molecule has 1 fully saturated rings. The van der Waals surface area contributed by atoms with Crippen LogP contribution in [0.15, 0.2) is 30.3 Å². The molecule has 1 aliphatic heterocycles. The van der Waals surface area contributed by atoms with Crippen LogP contribution in [0.2, 0.25) is 0 Å². The monoisotopic (exact) mass is 382 g/mol. The van der Waals surface area contributed by atoms with Crippen molar-refractivity contribution in [1.82, 2.24) is 10.2 Å². The minimum absolute atomic E-state index is 0.0708. The summed E-state index contributed by atoms with van der Waals surface area (Å²) in [4.78, 5) is 39.2. The second-order valence-corrected chi connectivity index (χ2v) is 7.47. The number of aryl methyl sites for hydroxylation is 1. The molecule has 0 spiro atoms. The highest BCUT2D eigenvalue weighted by molar-refractivity contribution is 6.11. The van der Waals surface area contributed by atoms with Gasteiger partial charge < -0.3 is 5.32 Å². The molecule has 6 heteroatoms. The Morgan fingerprint density at radius 1 is 1.07 bits per heavy atom. The molecule has 1 atom stereocenters. The van der Waals surface area contributed by atoms with Crippen molar-refractivity contribution >= 4 is 17.7 Å². The highest BCUT2D eigenvalue weighted by Gasteiger charge is 2.50. The zero-order chi connectivity index (χ0) is 20.8. The number of halogens is 1. The van der Waals surface area contributed by atoms with Crippen molar-refractivity contribution in [3.05, 3.63) is 69.5 Å². The van der Waals surface area contributed by atoms with Gasteiger partial charge in [0.05, 0.1) is 6.54 Å². The summed E-state index contributed by atoms with van der Waals surface area (Å²) in [5, 5.41) is 2.54. The largest absolute Gasteiger partial charge is 0.325 e. The summed E-state index contributed by atoms with van der Waals surface area (Å²) in [6.45, 7) is 8.76. The minimum atomic E-state index is -1.54. The fourth-order valence-electron chi connectivity index (χ4n) is 3.62. The van der Waals surface area contributed by atoms with Crippen LogP contribution in [0.1, 0.15) is 45.1 Å². The summed E-state index contributed by atoms with van der Waals surface area (Å²) >= 11 is 0. The second-order valence-electron chi connectivity index (χ2n) is 7.47. The molecule has 3 rings (SSSR count). The van der Waals surface area contributed by atoms with Gasteiger partial charge in [0.2, 0.25) is 0 Å². The molecule has 0 aliphatic carbocycles. The van der Waals surface area contributed by atoms with Crippen LogP contribution in [0.5, 0.6) is 0 Å². The maximum atomic E-state index is 14.2. The van der Waals surface area contributed by atoms with Gasteiger partial charge in [-0.25, -0.2) is 9.18 Å². The van der Waals surface area contributed by atoms with Gasteiger partial charge in [-0.1, -0.05) is 18.2 Å². The average molecular weight is 382 g/mol. The number of benzene rings is 2. The summed E-state index contributed by atoms with van der Waals surface area (Å²) in [5.74, 6) is -1.56. The van der Waals surface area contributed by atoms with E-state index in [1.807, 2.05) is 27.7 Å². The van der Waals surface area contributed by atoms with Crippen LogP contribution in [-0.2, 0) is 10.3 Å². The SMILES string of the molecule is Cc1cc(C(=O)CN2C(=O)NC(C)(c3ccccc3F)C2=O)c(C)c(C)c1C. The first kappa shape index (κ1) is 19.7. The van der Waals surface area contributed by atoms with Crippen molar-refractivity contribution in [1.29, 1.82) is 0 Å². The molecule has 146 valence electrons. The quantitative estimate of drug-likeness (QED) is 0.648. The molecule has 0 bridgehead atoms. The highest BCUT2D eigenvalue weighted by Crippen LogP contribution is 2.31. The molecule has 2 aromatic carbocycles. The minimum Gasteiger partial charge on any atom is -0.319 e. The second kappa shape index (κ2) is 6.86. The Kier molecular flexibility index (Phi) is 4.83. The van der Waals surface area contributed by atoms with Crippen LogP contribution in [0.25, 0.3) is 0 Å². The lowest BCUT2D eigenvalue weighted by molar-refractivity contribution is -0.130. The van der Waals surface area contributed by atoms with Crippen LogP contribution in [0, 0.1) is 33.5 Å². The van der Waals surface area contributed by atoms with Crippen LogP contribution in [0.3, 0.4) is 0 Å². The fraction of sp³-hybridized carbons (Fsp3) is 0.318. The van der Waals surface area contributed by atoms with Crippen molar-refractivity contribution in [3.8, 4) is 0 Å². The molecular weight excluding hydrogens is 359 g/mol. The van der Waals surface area contributed by atoms with Gasteiger partial charge in [0, 0.05) is 11.1 Å². The Hall–Kier alpha value is -3.02. The number of nitrogens with zero attached hydrogens (tertiary/aromatic N) is 1. The van der Waals surface area contributed by atoms with E-state index in [2.05, 4.69) is 5.32 Å². The first-order chi connectivity index (χ1) is 13.1. The van der Waals surface area contributed by atoms with E-state index in [9.17, 15) is 18.8 Å². The topological polar surface area (TPSA) is 66.5 Å². The third-order valence-corrected chi connectivity index (χ3v) is 5.77. The molecule has 1 aliphatic rings. The predicted molar refractivity (Wildman–Crippen MR) is 104 cm³/mol. The van der Waals surface area contributed by atoms with Crippen LogP contribution in [-0.4, -0.2) is 29.2 Å². The Balaban J connectivity index is 1.92. The van der Waals surface area contributed by atoms with E-state index < -0.39 is 29.8 Å². The van der Waals surface area contributed by atoms with E-state index in [0.717, 1.165) is 27.2 Å². The average Bonchev–Trinajstić information content (AvgIpc) is 2.87. The van der Waals surface area contributed by atoms with Crippen LogP contribution in [0.4, 0.5) is 9.18 Å². The molecule has 5 nitrogen and oxygen atoms in total. The van der Waals surface area contributed by atoms with E-state index in [4.69, 9.17) is 0 Å². The lowest BCUT2D eigenvalue weighted by atomic mass is 9.91. The molecule has 1 N–H and O–H groups in total. The van der Waals surface area contributed by atoms with Gasteiger partial charge in [0.25, 0.3) is 5.91 Å². The summed E-state index contributed by atoms with van der Waals surface area (Å²) in [7, 11) is 0. The van der Waals surface area contributed by atoms with Gasteiger partial charge >= 0.3 is 6.03 Å². The summed E-state index contributed by atoms with van der Waals surface area (Å²) < 4.78 is 14.2. The molecule has 1 unspecified atom stereocenters. The van der Waals surface area contributed by atoms with Gasteiger partial charge in [0.15, 0.2) is 5.78 Å². The molecule has 0 radical (unpaired) electrons. The number of imide groups is 1. The number of carbonyl (C=O) groups excluding carboxylic acids is 3. The molecule has 1 saturated heterocycles. The zero-order valence-electron chi connectivity index (χ0n) is 16.6. The number of hydrogen-bond donors (Lipinski definition) is 1. The Morgan fingerprint density at radius 3 is 2.36 bits per heavy atom. The van der Waals surface area contributed by atoms with Crippen molar-refractivity contribution in [2.75, 3.05) is 6.54 Å².